The van der Waals surface area contributed by atoms with Crippen LogP contribution in [0.1, 0.15) is 24.0 Å². The van der Waals surface area contributed by atoms with Crippen molar-refractivity contribution >= 4 is 11.9 Å². The maximum Gasteiger partial charge on any atom is 0.314 e. The van der Waals surface area contributed by atoms with E-state index in [0.717, 1.165) is 45.6 Å². The third-order valence-corrected chi connectivity index (χ3v) is 5.42. The van der Waals surface area contributed by atoms with Crippen molar-refractivity contribution in [1.29, 1.82) is 0 Å². The molecule has 0 saturated carbocycles. The van der Waals surface area contributed by atoms with E-state index < -0.39 is 6.03 Å². The first-order valence-electron chi connectivity index (χ1n) is 9.14. The number of likely N-dealkylation sites (tertiary alicyclic amines) is 1. The van der Waals surface area contributed by atoms with E-state index in [1.165, 1.54) is 11.1 Å². The van der Waals surface area contributed by atoms with Crippen molar-refractivity contribution in [2.45, 2.75) is 26.3 Å². The highest BCUT2D eigenvalue weighted by Crippen LogP contribution is 2.20. The van der Waals surface area contributed by atoms with Gasteiger partial charge in [-0.25, -0.2) is 4.79 Å². The topological polar surface area (TPSA) is 69.9 Å². The third-order valence-electron chi connectivity index (χ3n) is 5.42. The standard InChI is InChI=1S/C19H28N4O2/c1-15-5-2-3-6-16(15)13-21-9-11-22(12-10-21)18(24)17-7-4-8-23(14-17)19(20)25/h2-3,5-6,17H,4,7-14H2,1H3,(H2,20,25)/t17-/m0/s1. The first-order chi connectivity index (χ1) is 12.0. The molecule has 6 heteroatoms. The number of piperidine rings is 1. The molecule has 0 aliphatic carbocycles. The molecule has 25 heavy (non-hydrogen) atoms. The minimum absolute atomic E-state index is 0.0934. The summed E-state index contributed by atoms with van der Waals surface area (Å²) in [6.07, 6.45) is 1.71. The highest BCUT2D eigenvalue weighted by Gasteiger charge is 2.32. The molecule has 0 spiro atoms. The van der Waals surface area contributed by atoms with Gasteiger partial charge in [-0.05, 0) is 30.9 Å². The van der Waals surface area contributed by atoms with E-state index >= 15 is 0 Å². The van der Waals surface area contributed by atoms with E-state index in [1.54, 1.807) is 4.90 Å². The molecule has 2 saturated heterocycles. The van der Waals surface area contributed by atoms with E-state index in [4.69, 9.17) is 5.73 Å². The normalized spacial score (nSPS) is 22.0. The largest absolute Gasteiger partial charge is 0.351 e. The Morgan fingerprint density at radius 2 is 1.80 bits per heavy atom. The predicted molar refractivity (Wildman–Crippen MR) is 96.9 cm³/mol. The van der Waals surface area contributed by atoms with Crippen molar-refractivity contribution in [1.82, 2.24) is 14.7 Å². The Hall–Kier alpha value is -2.08. The Morgan fingerprint density at radius 3 is 2.48 bits per heavy atom. The van der Waals surface area contributed by atoms with Crippen molar-refractivity contribution in [2.24, 2.45) is 11.7 Å². The molecule has 0 bridgehead atoms. The zero-order chi connectivity index (χ0) is 17.8. The molecular weight excluding hydrogens is 316 g/mol. The summed E-state index contributed by atoms with van der Waals surface area (Å²) in [5, 5.41) is 0. The molecule has 1 aromatic carbocycles. The number of rotatable bonds is 3. The van der Waals surface area contributed by atoms with Gasteiger partial charge in [-0.2, -0.15) is 0 Å². The number of nitrogens with two attached hydrogens (primary N) is 1. The number of piperazine rings is 1. The van der Waals surface area contributed by atoms with Gasteiger partial charge in [0.25, 0.3) is 0 Å². The van der Waals surface area contributed by atoms with Crippen LogP contribution in [0.15, 0.2) is 24.3 Å². The number of primary amides is 1. The van der Waals surface area contributed by atoms with Gasteiger partial charge >= 0.3 is 6.03 Å². The summed E-state index contributed by atoms with van der Waals surface area (Å²) in [6.45, 7) is 7.53. The van der Waals surface area contributed by atoms with Crippen LogP contribution in [-0.4, -0.2) is 65.9 Å². The zero-order valence-corrected chi connectivity index (χ0v) is 15.0. The monoisotopic (exact) mass is 344 g/mol. The average molecular weight is 344 g/mol. The van der Waals surface area contributed by atoms with E-state index in [1.807, 2.05) is 4.90 Å². The summed E-state index contributed by atoms with van der Waals surface area (Å²) < 4.78 is 0. The maximum absolute atomic E-state index is 12.8. The molecular formula is C19H28N4O2. The second-order valence-electron chi connectivity index (χ2n) is 7.15. The van der Waals surface area contributed by atoms with Crippen LogP contribution in [0, 0.1) is 12.8 Å². The minimum atomic E-state index is -0.416. The van der Waals surface area contributed by atoms with Gasteiger partial charge in [0.1, 0.15) is 0 Å². The van der Waals surface area contributed by atoms with Crippen LogP contribution in [0.3, 0.4) is 0 Å². The summed E-state index contributed by atoms with van der Waals surface area (Å²) in [7, 11) is 0. The first kappa shape index (κ1) is 17.7. The lowest BCUT2D eigenvalue weighted by Crippen LogP contribution is -2.53. The van der Waals surface area contributed by atoms with Gasteiger partial charge in [0.15, 0.2) is 0 Å². The van der Waals surface area contributed by atoms with Crippen LogP contribution >= 0.6 is 0 Å². The van der Waals surface area contributed by atoms with Gasteiger partial charge in [0, 0.05) is 45.8 Å². The molecule has 2 aliphatic heterocycles. The molecule has 136 valence electrons. The van der Waals surface area contributed by atoms with E-state index in [0.29, 0.717) is 13.1 Å². The molecule has 2 heterocycles. The van der Waals surface area contributed by atoms with Gasteiger partial charge in [-0.15, -0.1) is 0 Å². The summed E-state index contributed by atoms with van der Waals surface area (Å²) in [6, 6.07) is 8.04. The molecule has 0 unspecified atom stereocenters. The number of amides is 3. The number of carbonyl (C=O) groups is 2. The molecule has 3 rings (SSSR count). The van der Waals surface area contributed by atoms with Gasteiger partial charge < -0.3 is 15.5 Å². The fourth-order valence-electron chi connectivity index (χ4n) is 3.79. The number of nitrogens with zero attached hydrogens (tertiary/aromatic N) is 3. The van der Waals surface area contributed by atoms with E-state index in [2.05, 4.69) is 36.1 Å². The fourth-order valence-corrected chi connectivity index (χ4v) is 3.79. The van der Waals surface area contributed by atoms with Crippen LogP contribution in [0.2, 0.25) is 0 Å². The summed E-state index contributed by atoms with van der Waals surface area (Å²) in [5.74, 6) is 0.0886. The van der Waals surface area contributed by atoms with Crippen molar-refractivity contribution in [2.75, 3.05) is 39.3 Å². The van der Waals surface area contributed by atoms with Crippen molar-refractivity contribution in [3.05, 3.63) is 35.4 Å². The van der Waals surface area contributed by atoms with Crippen molar-refractivity contribution in [3.63, 3.8) is 0 Å². The first-order valence-corrected chi connectivity index (χ1v) is 9.14. The van der Waals surface area contributed by atoms with Crippen LogP contribution in [0.25, 0.3) is 0 Å². The van der Waals surface area contributed by atoms with Crippen molar-refractivity contribution in [3.8, 4) is 0 Å². The highest BCUT2D eigenvalue weighted by molar-refractivity contribution is 5.80. The molecule has 0 radical (unpaired) electrons. The molecule has 1 atom stereocenters. The zero-order valence-electron chi connectivity index (χ0n) is 15.0. The van der Waals surface area contributed by atoms with Crippen LogP contribution < -0.4 is 5.73 Å². The lowest BCUT2D eigenvalue weighted by atomic mass is 9.96. The van der Waals surface area contributed by atoms with Gasteiger partial charge in [0.2, 0.25) is 5.91 Å². The number of urea groups is 1. The summed E-state index contributed by atoms with van der Waals surface area (Å²) >= 11 is 0. The number of carbonyl (C=O) groups excluding carboxylic acids is 2. The molecule has 2 aliphatic rings. The second-order valence-corrected chi connectivity index (χ2v) is 7.15. The maximum atomic E-state index is 12.8. The number of hydrogen-bond acceptors (Lipinski definition) is 3. The lowest BCUT2D eigenvalue weighted by molar-refractivity contribution is -0.138. The van der Waals surface area contributed by atoms with Crippen molar-refractivity contribution < 1.29 is 9.59 Å². The third kappa shape index (κ3) is 4.31. The molecule has 0 aromatic heterocycles. The Labute approximate surface area is 149 Å². The molecule has 2 N–H and O–H groups in total. The highest BCUT2D eigenvalue weighted by atomic mass is 16.2. The number of benzene rings is 1. The Morgan fingerprint density at radius 1 is 1.08 bits per heavy atom. The Bertz CT molecular complexity index is 626. The van der Waals surface area contributed by atoms with E-state index in [-0.39, 0.29) is 11.8 Å². The van der Waals surface area contributed by atoms with Crippen LogP contribution in [0.5, 0.6) is 0 Å². The van der Waals surface area contributed by atoms with Crippen LogP contribution in [-0.2, 0) is 11.3 Å². The van der Waals surface area contributed by atoms with Gasteiger partial charge in [-0.1, -0.05) is 24.3 Å². The lowest BCUT2D eigenvalue weighted by Gasteiger charge is -2.38. The predicted octanol–water partition coefficient (Wildman–Crippen LogP) is 1.43. The number of hydrogen-bond donors (Lipinski definition) is 1. The molecule has 6 nitrogen and oxygen atoms in total. The Balaban J connectivity index is 1.51. The fraction of sp³-hybridized carbons (Fsp3) is 0.579. The molecule has 2 fully saturated rings. The average Bonchev–Trinajstić information content (AvgIpc) is 2.64. The number of aryl methyl sites for hydroxylation is 1. The molecule has 3 amide bonds. The Kier molecular flexibility index (Phi) is 5.58. The quantitative estimate of drug-likeness (QED) is 0.902. The second kappa shape index (κ2) is 7.87. The summed E-state index contributed by atoms with van der Waals surface area (Å²) in [4.78, 5) is 30.1. The van der Waals surface area contributed by atoms with Crippen LogP contribution in [0.4, 0.5) is 4.79 Å². The SMILES string of the molecule is Cc1ccccc1CN1CCN(C(=O)[C@H]2CCCN(C(N)=O)C2)CC1. The minimum Gasteiger partial charge on any atom is -0.351 e. The van der Waals surface area contributed by atoms with E-state index in [9.17, 15) is 9.59 Å². The van der Waals surface area contributed by atoms with Gasteiger partial charge in [0.05, 0.1) is 5.92 Å². The molecule has 1 aromatic rings. The van der Waals surface area contributed by atoms with Gasteiger partial charge in [-0.3, -0.25) is 9.69 Å². The smallest absolute Gasteiger partial charge is 0.314 e. The summed E-state index contributed by atoms with van der Waals surface area (Å²) in [5.41, 5.74) is 8.04.